The number of nitrogens with two attached hydrogens (primary N) is 2. The van der Waals surface area contributed by atoms with Gasteiger partial charge in [0.25, 0.3) is 5.91 Å². The van der Waals surface area contributed by atoms with E-state index in [2.05, 4.69) is 4.85 Å². The van der Waals surface area contributed by atoms with Crippen LogP contribution < -0.4 is 11.5 Å². The molecule has 0 aromatic heterocycles. The first-order chi connectivity index (χ1) is 7.13. The van der Waals surface area contributed by atoms with E-state index in [-0.39, 0.29) is 0 Å². The second-order valence-corrected chi connectivity index (χ2v) is 3.39. The molecule has 2 rings (SSSR count). The first kappa shape index (κ1) is 9.28. The lowest BCUT2D eigenvalue weighted by Gasteiger charge is -2.01. The van der Waals surface area contributed by atoms with Crippen LogP contribution in [0.1, 0.15) is 11.1 Å². The molecule has 0 aliphatic heterocycles. The highest BCUT2D eigenvalue weighted by Crippen LogP contribution is 2.32. The van der Waals surface area contributed by atoms with Crippen LogP contribution in [-0.4, -0.2) is 5.91 Å². The Bertz CT molecular complexity index is 523. The van der Waals surface area contributed by atoms with Gasteiger partial charge in [0.15, 0.2) is 5.69 Å². The molecule has 0 atom stereocenters. The molecule has 1 aliphatic carbocycles. The highest BCUT2D eigenvalue weighted by Gasteiger charge is 2.23. The van der Waals surface area contributed by atoms with Crippen LogP contribution in [0.5, 0.6) is 0 Å². The molecule has 1 aliphatic rings. The first-order valence-electron chi connectivity index (χ1n) is 4.42. The monoisotopic (exact) mass is 199 g/mol. The molecule has 0 heterocycles. The summed E-state index contributed by atoms with van der Waals surface area (Å²) in [4.78, 5) is 14.5. The van der Waals surface area contributed by atoms with Crippen molar-refractivity contribution in [2.24, 2.45) is 11.5 Å². The Morgan fingerprint density at radius 3 is 2.80 bits per heavy atom. The third-order valence-corrected chi connectivity index (χ3v) is 2.44. The zero-order chi connectivity index (χ0) is 11.0. The minimum absolute atomic E-state index is 0.390. The molecule has 0 spiro atoms. The molecule has 4 N–H and O–H groups in total. The number of nitrogens with zero attached hydrogens (tertiary/aromatic N) is 1. The first-order valence-corrected chi connectivity index (χ1v) is 4.42. The maximum atomic E-state index is 11.2. The summed E-state index contributed by atoms with van der Waals surface area (Å²) < 4.78 is 0. The maximum absolute atomic E-state index is 11.2. The van der Waals surface area contributed by atoms with Crippen LogP contribution in [0.25, 0.3) is 10.4 Å². The number of benzene rings is 1. The summed E-state index contributed by atoms with van der Waals surface area (Å²) in [6, 6.07) is 5.13. The zero-order valence-corrected chi connectivity index (χ0v) is 7.95. The number of hydrogen-bond donors (Lipinski definition) is 2. The normalized spacial score (nSPS) is 13.5. The maximum Gasteiger partial charge on any atom is 0.251 e. The quantitative estimate of drug-likeness (QED) is 0.661. The van der Waals surface area contributed by atoms with Crippen molar-refractivity contribution >= 4 is 17.2 Å². The number of rotatable bonds is 1. The van der Waals surface area contributed by atoms with E-state index >= 15 is 0 Å². The van der Waals surface area contributed by atoms with E-state index in [9.17, 15) is 4.79 Å². The van der Waals surface area contributed by atoms with Crippen LogP contribution in [0.2, 0.25) is 0 Å². The van der Waals surface area contributed by atoms with Gasteiger partial charge in [0.1, 0.15) is 0 Å². The largest absolute Gasteiger partial charge is 0.401 e. The van der Waals surface area contributed by atoms with Gasteiger partial charge in [-0.25, -0.2) is 4.85 Å². The molecular weight excluding hydrogens is 190 g/mol. The molecule has 1 aromatic carbocycles. The van der Waals surface area contributed by atoms with Gasteiger partial charge in [-0.1, -0.05) is 18.2 Å². The molecule has 1 aromatic rings. The van der Waals surface area contributed by atoms with Crippen LogP contribution in [0.15, 0.2) is 23.9 Å². The van der Waals surface area contributed by atoms with Gasteiger partial charge in [-0.15, -0.1) is 0 Å². The van der Waals surface area contributed by atoms with Gasteiger partial charge in [-0.3, -0.25) is 4.79 Å². The summed E-state index contributed by atoms with van der Waals surface area (Å²) in [7, 11) is 0. The highest BCUT2D eigenvalue weighted by atomic mass is 16.1. The Labute approximate surface area is 87.0 Å². The number of carbonyl (C=O) groups is 1. The number of fused-ring (bicyclic) bond motifs is 1. The molecule has 0 saturated carbocycles. The van der Waals surface area contributed by atoms with Gasteiger partial charge in [0, 0.05) is 12.1 Å². The van der Waals surface area contributed by atoms with E-state index in [0.29, 0.717) is 23.4 Å². The van der Waals surface area contributed by atoms with E-state index in [1.54, 1.807) is 18.2 Å². The Morgan fingerprint density at radius 2 is 2.20 bits per heavy atom. The topological polar surface area (TPSA) is 73.5 Å². The summed E-state index contributed by atoms with van der Waals surface area (Å²) in [5.41, 5.74) is 14.0. The van der Waals surface area contributed by atoms with Crippen molar-refractivity contribution in [3.63, 3.8) is 0 Å². The Balaban J connectivity index is 2.57. The summed E-state index contributed by atoms with van der Waals surface area (Å²) in [5, 5.41) is 0. The van der Waals surface area contributed by atoms with E-state index in [0.717, 1.165) is 11.1 Å². The van der Waals surface area contributed by atoms with Crippen molar-refractivity contribution < 1.29 is 4.79 Å². The van der Waals surface area contributed by atoms with Gasteiger partial charge in [0.05, 0.1) is 12.1 Å². The molecule has 0 radical (unpaired) electrons. The summed E-state index contributed by atoms with van der Waals surface area (Å²) in [6.07, 6.45) is 0.497. The molecule has 4 nitrogen and oxygen atoms in total. The molecular formula is C11H9N3O. The predicted octanol–water partition coefficient (Wildman–Crippen LogP) is 0.949. The van der Waals surface area contributed by atoms with Crippen molar-refractivity contribution in [2.75, 3.05) is 0 Å². The minimum Gasteiger partial charge on any atom is -0.401 e. The number of hydrogen-bond acceptors (Lipinski definition) is 2. The van der Waals surface area contributed by atoms with Crippen molar-refractivity contribution in [2.45, 2.75) is 6.42 Å². The van der Waals surface area contributed by atoms with Crippen molar-refractivity contribution in [3.8, 4) is 0 Å². The second kappa shape index (κ2) is 3.14. The Kier molecular flexibility index (Phi) is 1.94. The van der Waals surface area contributed by atoms with Crippen LogP contribution in [0, 0.1) is 6.57 Å². The number of carbonyl (C=O) groups excluding carboxylic acids is 1. The lowest BCUT2D eigenvalue weighted by atomic mass is 10.0. The van der Waals surface area contributed by atoms with Crippen molar-refractivity contribution in [1.82, 2.24) is 0 Å². The highest BCUT2D eigenvalue weighted by molar-refractivity contribution is 6.21. The van der Waals surface area contributed by atoms with Crippen LogP contribution >= 0.6 is 0 Å². The van der Waals surface area contributed by atoms with Crippen LogP contribution in [0.4, 0.5) is 5.69 Å². The molecule has 0 fully saturated rings. The van der Waals surface area contributed by atoms with Gasteiger partial charge >= 0.3 is 0 Å². The third kappa shape index (κ3) is 1.34. The second-order valence-electron chi connectivity index (χ2n) is 3.39. The predicted molar refractivity (Wildman–Crippen MR) is 56.7 cm³/mol. The zero-order valence-electron chi connectivity index (χ0n) is 7.95. The number of allylic oxidation sites excluding steroid dienone is 1. The van der Waals surface area contributed by atoms with E-state index in [1.165, 1.54) is 0 Å². The van der Waals surface area contributed by atoms with E-state index < -0.39 is 5.91 Å². The smallest absolute Gasteiger partial charge is 0.251 e. The van der Waals surface area contributed by atoms with Crippen LogP contribution in [0.3, 0.4) is 0 Å². The Morgan fingerprint density at radius 1 is 1.47 bits per heavy atom. The molecule has 15 heavy (non-hydrogen) atoms. The fourth-order valence-corrected chi connectivity index (χ4v) is 1.80. The standard InChI is InChI=1S/C11H9N3O/c1-14-7-2-3-8-6(4-7)5-9(12)10(8)11(13)15/h2-4H,5,12H2,(H2,13,15). The van der Waals surface area contributed by atoms with Crippen molar-refractivity contribution in [1.29, 1.82) is 0 Å². The lowest BCUT2D eigenvalue weighted by molar-refractivity contribution is -0.112. The molecule has 4 heteroatoms. The fraction of sp³-hybridized carbons (Fsp3) is 0.0909. The Hall–Kier alpha value is -2.28. The minimum atomic E-state index is -0.512. The average Bonchev–Trinajstić information content (AvgIpc) is 2.52. The third-order valence-electron chi connectivity index (χ3n) is 2.44. The van der Waals surface area contributed by atoms with Gasteiger partial charge in [-0.2, -0.15) is 0 Å². The van der Waals surface area contributed by atoms with E-state index in [1.807, 2.05) is 0 Å². The lowest BCUT2D eigenvalue weighted by Crippen LogP contribution is -2.15. The van der Waals surface area contributed by atoms with Gasteiger partial charge in [-0.05, 0) is 11.1 Å². The molecule has 0 saturated heterocycles. The summed E-state index contributed by atoms with van der Waals surface area (Å²) in [5.74, 6) is -0.512. The van der Waals surface area contributed by atoms with Crippen molar-refractivity contribution in [3.05, 3.63) is 46.4 Å². The number of primary amides is 1. The summed E-state index contributed by atoms with van der Waals surface area (Å²) >= 11 is 0. The van der Waals surface area contributed by atoms with Gasteiger partial charge in [0.2, 0.25) is 0 Å². The number of amides is 1. The molecule has 74 valence electrons. The molecule has 1 amide bonds. The van der Waals surface area contributed by atoms with E-state index in [4.69, 9.17) is 18.0 Å². The van der Waals surface area contributed by atoms with Crippen LogP contribution in [-0.2, 0) is 11.2 Å². The molecule has 0 bridgehead atoms. The fourth-order valence-electron chi connectivity index (χ4n) is 1.80. The molecule has 0 unspecified atom stereocenters. The average molecular weight is 199 g/mol. The summed E-state index contributed by atoms with van der Waals surface area (Å²) in [6.45, 7) is 6.88. The SMILES string of the molecule is [C-]#[N+]c1ccc2c(c1)CC(N)=C2C(N)=O. The van der Waals surface area contributed by atoms with Gasteiger partial charge < -0.3 is 11.5 Å².